The van der Waals surface area contributed by atoms with Crippen LogP contribution in [0, 0.1) is 6.92 Å². The molecule has 1 aliphatic rings. The highest BCUT2D eigenvalue weighted by atomic mass is 35.5. The number of carbonyl (C=O) groups excluding carboxylic acids is 1. The third kappa shape index (κ3) is 2.67. The molecule has 1 unspecified atom stereocenters. The predicted molar refractivity (Wildman–Crippen MR) is 85.9 cm³/mol. The zero-order valence-electron chi connectivity index (χ0n) is 12.0. The van der Waals surface area contributed by atoms with Crippen LogP contribution in [0.1, 0.15) is 28.3 Å². The molecule has 0 bridgehead atoms. The summed E-state index contributed by atoms with van der Waals surface area (Å²) in [6.07, 6.45) is 0.420. The van der Waals surface area contributed by atoms with Crippen molar-refractivity contribution in [3.8, 4) is 0 Å². The van der Waals surface area contributed by atoms with E-state index in [-0.39, 0.29) is 11.9 Å². The number of hydrogen-bond acceptors (Lipinski definition) is 2. The van der Waals surface area contributed by atoms with Gasteiger partial charge in [0.2, 0.25) is 5.91 Å². The molecular weight excluding hydrogens is 284 g/mol. The fraction of sp³-hybridized carbons (Fsp3) is 0.235. The zero-order chi connectivity index (χ0) is 15.0. The summed E-state index contributed by atoms with van der Waals surface area (Å²) in [5.74, 6) is 0.0227. The third-order valence-electron chi connectivity index (χ3n) is 3.86. The van der Waals surface area contributed by atoms with Gasteiger partial charge in [-0.15, -0.1) is 0 Å². The Hall–Kier alpha value is -1.84. The molecule has 2 N–H and O–H groups in total. The standard InChI is InChI=1S/C17H17ClN2O/c1-10-3-5-11(6-4-10)17(19-2)13-7-12-8-16(21)20-15(12)9-14(13)18/h3-7,9,17,19H,8H2,1-2H3,(H,20,21). The molecule has 0 fully saturated rings. The quantitative estimate of drug-likeness (QED) is 0.911. The minimum Gasteiger partial charge on any atom is -0.325 e. The van der Waals surface area contributed by atoms with Gasteiger partial charge < -0.3 is 10.6 Å². The second kappa shape index (κ2) is 5.51. The average Bonchev–Trinajstić information content (AvgIpc) is 2.81. The number of carbonyl (C=O) groups is 1. The molecule has 4 heteroatoms. The Kier molecular flexibility index (Phi) is 3.70. The maximum atomic E-state index is 11.5. The largest absolute Gasteiger partial charge is 0.325 e. The average molecular weight is 301 g/mol. The van der Waals surface area contributed by atoms with Crippen LogP contribution >= 0.6 is 11.6 Å². The van der Waals surface area contributed by atoms with Crippen molar-refractivity contribution in [3.05, 3.63) is 63.7 Å². The van der Waals surface area contributed by atoms with E-state index in [9.17, 15) is 4.79 Å². The Bertz CT molecular complexity index is 695. The number of aryl methyl sites for hydroxylation is 1. The summed E-state index contributed by atoms with van der Waals surface area (Å²) in [6.45, 7) is 2.07. The molecule has 0 saturated heterocycles. The lowest BCUT2D eigenvalue weighted by molar-refractivity contribution is -0.115. The lowest BCUT2D eigenvalue weighted by Crippen LogP contribution is -2.18. The molecule has 0 radical (unpaired) electrons. The van der Waals surface area contributed by atoms with Crippen LogP contribution in [0.3, 0.4) is 0 Å². The van der Waals surface area contributed by atoms with Crippen LogP contribution in [-0.4, -0.2) is 13.0 Å². The number of hydrogen-bond donors (Lipinski definition) is 2. The Morgan fingerprint density at radius 3 is 2.62 bits per heavy atom. The van der Waals surface area contributed by atoms with Crippen molar-refractivity contribution in [2.24, 2.45) is 0 Å². The molecule has 1 heterocycles. The van der Waals surface area contributed by atoms with E-state index in [0.29, 0.717) is 11.4 Å². The van der Waals surface area contributed by atoms with Gasteiger partial charge in [-0.3, -0.25) is 4.79 Å². The first-order valence-electron chi connectivity index (χ1n) is 6.94. The molecule has 0 saturated carbocycles. The summed E-state index contributed by atoms with van der Waals surface area (Å²) in [7, 11) is 1.91. The molecule has 0 aromatic heterocycles. The maximum Gasteiger partial charge on any atom is 0.228 e. The van der Waals surface area contributed by atoms with Crippen molar-refractivity contribution in [3.63, 3.8) is 0 Å². The number of anilines is 1. The van der Waals surface area contributed by atoms with Gasteiger partial charge in [0, 0.05) is 10.7 Å². The monoisotopic (exact) mass is 300 g/mol. The van der Waals surface area contributed by atoms with Gasteiger partial charge in [0.25, 0.3) is 0 Å². The molecule has 108 valence electrons. The summed E-state index contributed by atoms with van der Waals surface area (Å²) in [4.78, 5) is 11.5. The molecule has 1 aliphatic heterocycles. The van der Waals surface area contributed by atoms with Gasteiger partial charge in [-0.25, -0.2) is 0 Å². The zero-order valence-corrected chi connectivity index (χ0v) is 12.8. The fourth-order valence-electron chi connectivity index (χ4n) is 2.75. The normalized spacial score (nSPS) is 14.7. The summed E-state index contributed by atoms with van der Waals surface area (Å²) >= 11 is 6.42. The highest BCUT2D eigenvalue weighted by molar-refractivity contribution is 6.32. The van der Waals surface area contributed by atoms with Crippen molar-refractivity contribution in [1.82, 2.24) is 5.32 Å². The van der Waals surface area contributed by atoms with Gasteiger partial charge in [0.1, 0.15) is 0 Å². The van der Waals surface area contributed by atoms with Crippen LogP contribution in [-0.2, 0) is 11.2 Å². The SMILES string of the molecule is CNC(c1ccc(C)cc1)c1cc2c(cc1Cl)NC(=O)C2. The van der Waals surface area contributed by atoms with Crippen molar-refractivity contribution in [1.29, 1.82) is 0 Å². The van der Waals surface area contributed by atoms with E-state index in [1.165, 1.54) is 5.56 Å². The third-order valence-corrected chi connectivity index (χ3v) is 4.19. The lowest BCUT2D eigenvalue weighted by Gasteiger charge is -2.20. The molecule has 1 atom stereocenters. The molecule has 0 aliphatic carbocycles. The van der Waals surface area contributed by atoms with Crippen molar-refractivity contribution in [2.45, 2.75) is 19.4 Å². The summed E-state index contributed by atoms with van der Waals surface area (Å²) in [5.41, 5.74) is 5.21. The van der Waals surface area contributed by atoms with Gasteiger partial charge >= 0.3 is 0 Å². The van der Waals surface area contributed by atoms with Gasteiger partial charge in [0.05, 0.1) is 12.5 Å². The topological polar surface area (TPSA) is 41.1 Å². The molecule has 21 heavy (non-hydrogen) atoms. The molecule has 3 nitrogen and oxygen atoms in total. The molecule has 1 amide bonds. The number of fused-ring (bicyclic) bond motifs is 1. The Morgan fingerprint density at radius 2 is 1.95 bits per heavy atom. The number of amides is 1. The van der Waals surface area contributed by atoms with E-state index >= 15 is 0 Å². The predicted octanol–water partition coefficient (Wildman–Crippen LogP) is 3.45. The molecule has 2 aromatic carbocycles. The number of halogens is 1. The van der Waals surface area contributed by atoms with E-state index < -0.39 is 0 Å². The highest BCUT2D eigenvalue weighted by Crippen LogP contribution is 2.35. The minimum atomic E-state index is 0.0131. The van der Waals surface area contributed by atoms with Crippen LogP contribution in [0.2, 0.25) is 5.02 Å². The Morgan fingerprint density at radius 1 is 1.24 bits per heavy atom. The van der Waals surface area contributed by atoms with Crippen molar-refractivity contribution < 1.29 is 4.79 Å². The molecule has 0 spiro atoms. The lowest BCUT2D eigenvalue weighted by atomic mass is 9.95. The van der Waals surface area contributed by atoms with Gasteiger partial charge in [-0.2, -0.15) is 0 Å². The van der Waals surface area contributed by atoms with E-state index in [4.69, 9.17) is 11.6 Å². The number of rotatable bonds is 3. The van der Waals surface area contributed by atoms with Crippen molar-refractivity contribution in [2.75, 3.05) is 12.4 Å². The second-order valence-corrected chi connectivity index (χ2v) is 5.80. The van der Waals surface area contributed by atoms with Crippen LogP contribution in [0.5, 0.6) is 0 Å². The van der Waals surface area contributed by atoms with Gasteiger partial charge in [0.15, 0.2) is 0 Å². The number of benzene rings is 2. The van der Waals surface area contributed by atoms with E-state index in [1.807, 2.05) is 19.2 Å². The van der Waals surface area contributed by atoms with Crippen LogP contribution in [0.4, 0.5) is 5.69 Å². The van der Waals surface area contributed by atoms with E-state index in [2.05, 4.69) is 41.8 Å². The smallest absolute Gasteiger partial charge is 0.228 e. The van der Waals surface area contributed by atoms with Gasteiger partial charge in [-0.1, -0.05) is 41.4 Å². The second-order valence-electron chi connectivity index (χ2n) is 5.39. The van der Waals surface area contributed by atoms with Crippen LogP contribution < -0.4 is 10.6 Å². The summed E-state index contributed by atoms with van der Waals surface area (Å²) in [6, 6.07) is 12.3. The van der Waals surface area contributed by atoms with Crippen LogP contribution in [0.25, 0.3) is 0 Å². The first kappa shape index (κ1) is 14.1. The summed E-state index contributed by atoms with van der Waals surface area (Å²) < 4.78 is 0. The molecule has 3 rings (SSSR count). The highest BCUT2D eigenvalue weighted by Gasteiger charge is 2.23. The number of nitrogens with one attached hydrogen (secondary N) is 2. The summed E-state index contributed by atoms with van der Waals surface area (Å²) in [5, 5.41) is 6.80. The molecular formula is C17H17ClN2O. The Labute approximate surface area is 129 Å². The maximum absolute atomic E-state index is 11.5. The Balaban J connectivity index is 2.03. The first-order valence-corrected chi connectivity index (χ1v) is 7.32. The minimum absolute atomic E-state index is 0.0131. The fourth-order valence-corrected chi connectivity index (χ4v) is 3.02. The van der Waals surface area contributed by atoms with Crippen molar-refractivity contribution >= 4 is 23.2 Å². The van der Waals surface area contributed by atoms with Crippen LogP contribution in [0.15, 0.2) is 36.4 Å². The molecule has 2 aromatic rings. The van der Waals surface area contributed by atoms with E-state index in [0.717, 1.165) is 22.4 Å². The first-order chi connectivity index (χ1) is 10.1. The van der Waals surface area contributed by atoms with E-state index in [1.54, 1.807) is 0 Å². The van der Waals surface area contributed by atoms with Gasteiger partial charge in [-0.05, 0) is 42.8 Å².